The number of likely N-dealkylation sites (tertiary alicyclic amines) is 1. The highest BCUT2D eigenvalue weighted by molar-refractivity contribution is 7.18. The molecule has 2 aliphatic rings. The van der Waals surface area contributed by atoms with Gasteiger partial charge in [-0.2, -0.15) is 5.26 Å². The first kappa shape index (κ1) is 24.5. The predicted octanol–water partition coefficient (Wildman–Crippen LogP) is 5.73. The normalized spacial score (nSPS) is 17.2. The molecular weight excluding hydrogens is 468 g/mol. The zero-order valence-electron chi connectivity index (χ0n) is 20.9. The highest BCUT2D eigenvalue weighted by Crippen LogP contribution is 2.41. The molecule has 2 heterocycles. The van der Waals surface area contributed by atoms with Crippen LogP contribution in [-0.4, -0.2) is 41.5 Å². The molecule has 3 aromatic rings. The highest BCUT2D eigenvalue weighted by atomic mass is 32.1. The Morgan fingerprint density at radius 3 is 2.86 bits per heavy atom. The molecule has 1 saturated heterocycles. The smallest absolute Gasteiger partial charge is 0.236 e. The Morgan fingerprint density at radius 1 is 1.25 bits per heavy atom. The lowest BCUT2D eigenvalue weighted by Crippen LogP contribution is -2.41. The van der Waals surface area contributed by atoms with E-state index in [1.807, 2.05) is 43.1 Å². The molecule has 0 saturated carbocycles. The topological polar surface area (TPSA) is 78.2 Å². The van der Waals surface area contributed by atoms with Crippen molar-refractivity contribution in [3.63, 3.8) is 0 Å². The number of piperidine rings is 1. The van der Waals surface area contributed by atoms with Crippen LogP contribution in [0.15, 0.2) is 42.6 Å². The minimum absolute atomic E-state index is 0.01000. The molecule has 36 heavy (non-hydrogen) atoms. The van der Waals surface area contributed by atoms with Gasteiger partial charge in [0.2, 0.25) is 5.91 Å². The summed E-state index contributed by atoms with van der Waals surface area (Å²) in [5, 5.41) is 14.0. The Hall–Kier alpha value is -3.21. The number of rotatable bonds is 7. The maximum Gasteiger partial charge on any atom is 0.236 e. The van der Waals surface area contributed by atoms with Crippen molar-refractivity contribution in [2.45, 2.75) is 58.1 Å². The number of amides is 1. The lowest BCUT2D eigenvalue weighted by Gasteiger charge is -2.27. The van der Waals surface area contributed by atoms with Gasteiger partial charge in [0.05, 0.1) is 23.1 Å². The van der Waals surface area contributed by atoms with E-state index in [4.69, 9.17) is 4.74 Å². The van der Waals surface area contributed by atoms with Gasteiger partial charge in [0.1, 0.15) is 16.8 Å². The molecule has 0 unspecified atom stereocenters. The van der Waals surface area contributed by atoms with E-state index < -0.39 is 0 Å². The second kappa shape index (κ2) is 10.8. The second-order valence-electron chi connectivity index (χ2n) is 9.81. The van der Waals surface area contributed by atoms with Crippen molar-refractivity contribution in [3.05, 3.63) is 59.3 Å². The minimum Gasteiger partial charge on any atom is -0.490 e. The van der Waals surface area contributed by atoms with Gasteiger partial charge in [0.15, 0.2) is 0 Å². The monoisotopic (exact) mass is 500 g/mol. The van der Waals surface area contributed by atoms with E-state index in [0.29, 0.717) is 17.9 Å². The van der Waals surface area contributed by atoms with E-state index in [1.54, 1.807) is 11.3 Å². The van der Waals surface area contributed by atoms with Crippen LogP contribution in [0.3, 0.4) is 0 Å². The molecule has 1 aliphatic heterocycles. The van der Waals surface area contributed by atoms with Gasteiger partial charge in [0.25, 0.3) is 0 Å². The zero-order chi connectivity index (χ0) is 25.1. The van der Waals surface area contributed by atoms with Gasteiger partial charge < -0.3 is 15.0 Å². The van der Waals surface area contributed by atoms with Gasteiger partial charge in [-0.1, -0.05) is 18.2 Å². The fourth-order valence-electron chi connectivity index (χ4n) is 5.20. The van der Waals surface area contributed by atoms with Crippen LogP contribution in [0.1, 0.15) is 62.3 Å². The first-order chi connectivity index (χ1) is 17.5. The number of benzene rings is 2. The predicted molar refractivity (Wildman–Crippen MR) is 143 cm³/mol. The van der Waals surface area contributed by atoms with Crippen molar-refractivity contribution in [1.29, 1.82) is 5.26 Å². The number of fused-ring (bicyclic) bond motifs is 1. The lowest BCUT2D eigenvalue weighted by molar-refractivity contribution is -0.131. The number of nitriles is 1. The van der Waals surface area contributed by atoms with Crippen LogP contribution in [0.5, 0.6) is 5.75 Å². The number of hydrogen-bond acceptors (Lipinski definition) is 6. The molecule has 0 spiro atoms. The van der Waals surface area contributed by atoms with Crippen molar-refractivity contribution in [2.24, 2.45) is 0 Å². The third-order valence-electron chi connectivity index (χ3n) is 6.96. The minimum atomic E-state index is 0.01000. The van der Waals surface area contributed by atoms with E-state index in [0.717, 1.165) is 54.2 Å². The molecule has 7 heteroatoms. The summed E-state index contributed by atoms with van der Waals surface area (Å²) in [6.07, 6.45) is 7.38. The molecule has 5 rings (SSSR count). The third-order valence-corrected chi connectivity index (χ3v) is 8.04. The fraction of sp³-hybridized carbons (Fsp3) is 0.414. The van der Waals surface area contributed by atoms with Crippen LogP contribution in [0.25, 0.3) is 21.0 Å². The summed E-state index contributed by atoms with van der Waals surface area (Å²) < 4.78 is 5.76. The molecule has 6 nitrogen and oxygen atoms in total. The lowest BCUT2D eigenvalue weighted by atomic mass is 10.0. The van der Waals surface area contributed by atoms with Crippen LogP contribution in [0.2, 0.25) is 0 Å². The van der Waals surface area contributed by atoms with E-state index in [2.05, 4.69) is 34.6 Å². The largest absolute Gasteiger partial charge is 0.490 e. The Morgan fingerprint density at radius 2 is 2.08 bits per heavy atom. The molecule has 0 bridgehead atoms. The molecule has 1 aliphatic carbocycles. The van der Waals surface area contributed by atoms with Gasteiger partial charge in [-0.05, 0) is 80.8 Å². The number of carbonyl (C=O) groups is 1. The Labute approximate surface area is 216 Å². The molecule has 1 fully saturated rings. The van der Waals surface area contributed by atoms with Crippen molar-refractivity contribution < 1.29 is 9.53 Å². The number of carbonyl (C=O) groups excluding carboxylic acids is 1. The van der Waals surface area contributed by atoms with Crippen molar-refractivity contribution in [3.8, 4) is 32.8 Å². The van der Waals surface area contributed by atoms with Gasteiger partial charge in [-0.3, -0.25) is 4.79 Å². The molecule has 1 amide bonds. The molecule has 186 valence electrons. The fourth-order valence-corrected chi connectivity index (χ4v) is 6.17. The number of hydrogen-bond donors (Lipinski definition) is 1. The molecular formula is C29H32N4O2S. The van der Waals surface area contributed by atoms with Crippen molar-refractivity contribution in [1.82, 2.24) is 15.2 Å². The number of ether oxygens (including phenoxy) is 1. The average molecular weight is 501 g/mol. The molecule has 1 aromatic heterocycles. The van der Waals surface area contributed by atoms with Gasteiger partial charge >= 0.3 is 0 Å². The Kier molecular flexibility index (Phi) is 7.35. The maximum atomic E-state index is 12.6. The van der Waals surface area contributed by atoms with E-state index in [1.165, 1.54) is 23.1 Å². The number of thiazole rings is 1. The van der Waals surface area contributed by atoms with Crippen molar-refractivity contribution >= 4 is 17.2 Å². The van der Waals surface area contributed by atoms with Crippen molar-refractivity contribution in [2.75, 3.05) is 19.6 Å². The maximum absolute atomic E-state index is 12.6. The van der Waals surface area contributed by atoms with Gasteiger partial charge in [-0.25, -0.2) is 4.98 Å². The van der Waals surface area contributed by atoms with E-state index in [9.17, 15) is 10.1 Å². The highest BCUT2D eigenvalue weighted by Gasteiger charge is 2.27. The van der Waals surface area contributed by atoms with Crippen LogP contribution in [0, 0.1) is 11.3 Å². The number of aromatic nitrogens is 1. The SMILES string of the molecule is CC(C)Oc1ccc(-c2ncc(-c3cccc4c3CC[C@H]4NCC(=O)N3CCCCC3)s2)cc1C#N. The Bertz CT molecular complexity index is 1290. The van der Waals surface area contributed by atoms with Crippen LogP contribution in [0.4, 0.5) is 0 Å². The summed E-state index contributed by atoms with van der Waals surface area (Å²) in [5.41, 5.74) is 5.28. The molecule has 1 atom stereocenters. The number of nitrogens with zero attached hydrogens (tertiary/aromatic N) is 3. The second-order valence-corrected chi connectivity index (χ2v) is 10.8. The summed E-state index contributed by atoms with van der Waals surface area (Å²) in [7, 11) is 0. The summed E-state index contributed by atoms with van der Waals surface area (Å²) in [5.74, 6) is 0.819. The first-order valence-corrected chi connectivity index (χ1v) is 13.7. The standard InChI is InChI=1S/C29H32N4O2S/c1-19(2)35-26-12-9-20(15-21(26)16-30)29-32-17-27(36-29)24-8-6-7-23-22(24)10-11-25(23)31-18-28(34)33-13-4-3-5-14-33/h6-9,12,15,17,19,25,31H,3-5,10-11,13-14,18H2,1-2H3/t25-/m1/s1. The zero-order valence-corrected chi connectivity index (χ0v) is 21.7. The van der Waals surface area contributed by atoms with Crippen LogP contribution in [-0.2, 0) is 11.2 Å². The van der Waals surface area contributed by atoms with E-state index in [-0.39, 0.29) is 18.1 Å². The van der Waals surface area contributed by atoms with Gasteiger partial charge in [0, 0.05) is 30.9 Å². The first-order valence-electron chi connectivity index (χ1n) is 12.8. The van der Waals surface area contributed by atoms with Crippen LogP contribution >= 0.6 is 11.3 Å². The number of nitrogens with one attached hydrogen (secondary N) is 1. The molecule has 1 N–H and O–H groups in total. The average Bonchev–Trinajstić information content (AvgIpc) is 3.55. The molecule has 2 aromatic carbocycles. The summed E-state index contributed by atoms with van der Waals surface area (Å²) in [6, 6.07) is 14.6. The molecule has 0 radical (unpaired) electrons. The Balaban J connectivity index is 1.32. The van der Waals surface area contributed by atoms with E-state index >= 15 is 0 Å². The third kappa shape index (κ3) is 5.16. The summed E-state index contributed by atoms with van der Waals surface area (Å²) >= 11 is 1.64. The van der Waals surface area contributed by atoms with Gasteiger partial charge in [-0.15, -0.1) is 11.3 Å². The van der Waals surface area contributed by atoms with Crippen LogP contribution < -0.4 is 10.1 Å². The summed E-state index contributed by atoms with van der Waals surface area (Å²) in [6.45, 7) is 6.09. The summed E-state index contributed by atoms with van der Waals surface area (Å²) in [4.78, 5) is 20.4. The quantitative estimate of drug-likeness (QED) is 0.449.